The van der Waals surface area contributed by atoms with Crippen LogP contribution < -0.4 is 5.43 Å². The number of nitrogens with one attached hydrogen (secondary N) is 1. The van der Waals surface area contributed by atoms with Gasteiger partial charge in [0.05, 0.1) is 5.71 Å². The molecular weight excluding hydrogens is 250 g/mol. The van der Waals surface area contributed by atoms with Crippen molar-refractivity contribution in [1.29, 1.82) is 0 Å². The summed E-state index contributed by atoms with van der Waals surface area (Å²) in [6.07, 6.45) is 5.55. The molecule has 1 amide bonds. The van der Waals surface area contributed by atoms with Crippen molar-refractivity contribution < 1.29 is 4.79 Å². The van der Waals surface area contributed by atoms with Crippen molar-refractivity contribution in [1.82, 2.24) is 10.4 Å². The van der Waals surface area contributed by atoms with Gasteiger partial charge in [0.25, 0.3) is 5.91 Å². The van der Waals surface area contributed by atoms with Gasteiger partial charge in [-0.05, 0) is 50.3 Å². The number of carbonyl (C=O) groups excluding carboxylic acids is 1. The lowest BCUT2D eigenvalue weighted by Crippen LogP contribution is -2.23. The maximum Gasteiger partial charge on any atom is 0.289 e. The Morgan fingerprint density at radius 1 is 1.50 bits per heavy atom. The molecule has 1 atom stereocenters. The highest BCUT2D eigenvalue weighted by atomic mass is 16.2. The largest absolute Gasteiger partial charge is 0.289 e. The Bertz CT molecular complexity index is 573. The molecule has 0 unspecified atom stereocenters. The maximum absolute atomic E-state index is 11.9. The zero-order valence-corrected chi connectivity index (χ0v) is 11.9. The Balaban J connectivity index is 2.07. The molecule has 1 N–H and O–H groups in total. The Morgan fingerprint density at radius 3 is 2.95 bits per heavy atom. The molecule has 1 aliphatic carbocycles. The quantitative estimate of drug-likeness (QED) is 0.677. The first-order valence-corrected chi connectivity index (χ1v) is 6.68. The van der Waals surface area contributed by atoms with Gasteiger partial charge in [-0.15, -0.1) is 0 Å². The van der Waals surface area contributed by atoms with Crippen molar-refractivity contribution in [2.24, 2.45) is 11.0 Å². The van der Waals surface area contributed by atoms with E-state index in [0.717, 1.165) is 29.7 Å². The number of hydrogen-bond donors (Lipinski definition) is 1. The number of aromatic nitrogens is 1. The van der Waals surface area contributed by atoms with E-state index in [0.29, 0.717) is 11.6 Å². The Labute approximate surface area is 119 Å². The first-order valence-electron chi connectivity index (χ1n) is 6.68. The van der Waals surface area contributed by atoms with Crippen LogP contribution in [0.3, 0.4) is 0 Å². The minimum absolute atomic E-state index is 0.289. The normalized spacial score (nSPS) is 20.4. The first-order chi connectivity index (χ1) is 9.58. The van der Waals surface area contributed by atoms with Gasteiger partial charge in [0, 0.05) is 6.20 Å². The van der Waals surface area contributed by atoms with E-state index in [9.17, 15) is 4.79 Å². The van der Waals surface area contributed by atoms with Gasteiger partial charge in [0.15, 0.2) is 0 Å². The van der Waals surface area contributed by atoms with Gasteiger partial charge < -0.3 is 0 Å². The van der Waals surface area contributed by atoms with Crippen molar-refractivity contribution in [2.75, 3.05) is 0 Å². The van der Waals surface area contributed by atoms with Gasteiger partial charge >= 0.3 is 0 Å². The van der Waals surface area contributed by atoms with Crippen LogP contribution in [-0.2, 0) is 0 Å². The summed E-state index contributed by atoms with van der Waals surface area (Å²) in [6, 6.07) is 5.21. The third kappa shape index (κ3) is 3.41. The predicted octanol–water partition coefficient (Wildman–Crippen LogP) is 3.10. The van der Waals surface area contributed by atoms with Gasteiger partial charge in [-0.25, -0.2) is 5.43 Å². The molecule has 4 heteroatoms. The summed E-state index contributed by atoms with van der Waals surface area (Å²) in [7, 11) is 0. The number of pyridine rings is 1. The second kappa shape index (κ2) is 6.28. The summed E-state index contributed by atoms with van der Waals surface area (Å²) in [5.74, 6) is 0.118. The zero-order valence-electron chi connectivity index (χ0n) is 11.9. The van der Waals surface area contributed by atoms with Crippen LogP contribution in [0.5, 0.6) is 0 Å². The minimum atomic E-state index is -0.289. The van der Waals surface area contributed by atoms with E-state index >= 15 is 0 Å². The molecule has 20 heavy (non-hydrogen) atoms. The molecule has 0 saturated carbocycles. The number of amides is 1. The fourth-order valence-electron chi connectivity index (χ4n) is 2.10. The van der Waals surface area contributed by atoms with Crippen LogP contribution in [0.4, 0.5) is 0 Å². The SMILES string of the molecule is C=C(C)[C@H]1CC=C(C)C(=NNC(=O)c2ccccn2)C1. The molecule has 1 aliphatic rings. The van der Waals surface area contributed by atoms with Crippen LogP contribution in [-0.4, -0.2) is 16.6 Å². The van der Waals surface area contributed by atoms with Crippen LogP contribution in [0.25, 0.3) is 0 Å². The topological polar surface area (TPSA) is 54.4 Å². The fourth-order valence-corrected chi connectivity index (χ4v) is 2.10. The van der Waals surface area contributed by atoms with Crippen molar-refractivity contribution in [2.45, 2.75) is 26.7 Å². The molecule has 104 valence electrons. The average molecular weight is 269 g/mol. The number of carbonyl (C=O) groups is 1. The predicted molar refractivity (Wildman–Crippen MR) is 80.4 cm³/mol. The molecule has 4 nitrogen and oxygen atoms in total. The van der Waals surface area contributed by atoms with Crippen LogP contribution in [0.1, 0.15) is 37.2 Å². The maximum atomic E-state index is 11.9. The second-order valence-electron chi connectivity index (χ2n) is 5.08. The third-order valence-electron chi connectivity index (χ3n) is 3.49. The molecule has 0 spiro atoms. The Morgan fingerprint density at radius 2 is 2.30 bits per heavy atom. The van der Waals surface area contributed by atoms with Gasteiger partial charge in [-0.2, -0.15) is 5.10 Å². The lowest BCUT2D eigenvalue weighted by molar-refractivity contribution is 0.0950. The number of hydrazone groups is 1. The summed E-state index contributed by atoms with van der Waals surface area (Å²) in [5, 5.41) is 4.24. The van der Waals surface area contributed by atoms with Crippen molar-refractivity contribution in [3.63, 3.8) is 0 Å². The van der Waals surface area contributed by atoms with E-state index in [-0.39, 0.29) is 5.91 Å². The summed E-state index contributed by atoms with van der Waals surface area (Å²) < 4.78 is 0. The molecule has 0 bridgehead atoms. The molecule has 2 rings (SSSR count). The molecule has 1 aromatic heterocycles. The van der Waals surface area contributed by atoms with E-state index in [4.69, 9.17) is 0 Å². The van der Waals surface area contributed by atoms with Crippen molar-refractivity contribution in [3.8, 4) is 0 Å². The van der Waals surface area contributed by atoms with Crippen LogP contribution in [0, 0.1) is 5.92 Å². The molecule has 1 heterocycles. The molecule has 0 aliphatic heterocycles. The monoisotopic (exact) mass is 269 g/mol. The highest BCUT2D eigenvalue weighted by Gasteiger charge is 2.18. The van der Waals surface area contributed by atoms with Gasteiger partial charge in [0.2, 0.25) is 0 Å². The van der Waals surface area contributed by atoms with Gasteiger partial charge in [-0.3, -0.25) is 9.78 Å². The number of allylic oxidation sites excluding steroid dienone is 3. The lowest BCUT2D eigenvalue weighted by atomic mass is 9.85. The van der Waals surface area contributed by atoms with E-state index < -0.39 is 0 Å². The third-order valence-corrected chi connectivity index (χ3v) is 3.49. The van der Waals surface area contributed by atoms with Crippen LogP contribution in [0.15, 0.2) is 53.3 Å². The number of nitrogens with zero attached hydrogens (tertiary/aromatic N) is 2. The van der Waals surface area contributed by atoms with E-state index in [1.54, 1.807) is 24.4 Å². The Hall–Kier alpha value is -2.23. The smallest absolute Gasteiger partial charge is 0.266 e. The molecule has 0 aromatic carbocycles. The van der Waals surface area contributed by atoms with Gasteiger partial charge in [0.1, 0.15) is 5.69 Å². The van der Waals surface area contributed by atoms with Crippen LogP contribution in [0.2, 0.25) is 0 Å². The highest BCUT2D eigenvalue weighted by molar-refractivity contribution is 6.02. The van der Waals surface area contributed by atoms with Crippen molar-refractivity contribution >= 4 is 11.6 Å². The van der Waals surface area contributed by atoms with Crippen LogP contribution >= 0.6 is 0 Å². The molecule has 0 fully saturated rings. The summed E-state index contributed by atoms with van der Waals surface area (Å²) in [5.41, 5.74) is 6.12. The van der Waals surface area contributed by atoms with E-state index in [1.807, 2.05) is 13.8 Å². The standard InChI is InChI=1S/C16H19N3O/c1-11(2)13-8-7-12(3)15(10-13)18-19-16(20)14-6-4-5-9-17-14/h4-7,9,13H,1,8,10H2,2-3H3,(H,19,20)/t13-/m0/s1. The van der Waals surface area contributed by atoms with E-state index in [1.165, 1.54) is 0 Å². The zero-order chi connectivity index (χ0) is 14.5. The molecule has 0 radical (unpaired) electrons. The average Bonchev–Trinajstić information content (AvgIpc) is 2.46. The highest BCUT2D eigenvalue weighted by Crippen LogP contribution is 2.26. The summed E-state index contributed by atoms with van der Waals surface area (Å²) in [6.45, 7) is 8.04. The lowest BCUT2D eigenvalue weighted by Gasteiger charge is -2.22. The van der Waals surface area contributed by atoms with Gasteiger partial charge in [-0.1, -0.05) is 24.3 Å². The number of rotatable bonds is 3. The summed E-state index contributed by atoms with van der Waals surface area (Å²) in [4.78, 5) is 15.9. The summed E-state index contributed by atoms with van der Waals surface area (Å²) >= 11 is 0. The molecule has 1 aromatic rings. The fraction of sp³-hybridized carbons (Fsp3) is 0.312. The van der Waals surface area contributed by atoms with Crippen molar-refractivity contribution in [3.05, 3.63) is 53.9 Å². The Kier molecular flexibility index (Phi) is 4.45. The molecular formula is C16H19N3O. The van der Waals surface area contributed by atoms with E-state index in [2.05, 4.69) is 28.2 Å². The first kappa shape index (κ1) is 14.2. The second-order valence-corrected chi connectivity index (χ2v) is 5.08. The minimum Gasteiger partial charge on any atom is -0.266 e. The number of hydrogen-bond acceptors (Lipinski definition) is 3. The molecule has 0 saturated heterocycles.